The van der Waals surface area contributed by atoms with E-state index in [1.807, 2.05) is 4.90 Å². The maximum Gasteiger partial charge on any atom is 0.247 e. The van der Waals surface area contributed by atoms with Crippen molar-refractivity contribution < 1.29 is 19.5 Å². The van der Waals surface area contributed by atoms with Crippen LogP contribution in [0.1, 0.15) is 52.9 Å². The Morgan fingerprint density at radius 3 is 2.54 bits per heavy atom. The zero-order valence-corrected chi connectivity index (χ0v) is 22.6. The number of likely N-dealkylation sites (N-methyl/N-ethyl adjacent to an activating group) is 1. The summed E-state index contributed by atoms with van der Waals surface area (Å²) in [6, 6.07) is -0.573. The van der Waals surface area contributed by atoms with Crippen LogP contribution in [0.4, 0.5) is 0 Å². The van der Waals surface area contributed by atoms with Crippen LogP contribution >= 0.6 is 11.8 Å². The summed E-state index contributed by atoms with van der Waals surface area (Å²) in [5.41, 5.74) is 0. The van der Waals surface area contributed by atoms with Crippen LogP contribution in [0.25, 0.3) is 0 Å². The van der Waals surface area contributed by atoms with Gasteiger partial charge in [0.2, 0.25) is 17.7 Å². The first-order chi connectivity index (χ1) is 16.7. The van der Waals surface area contributed by atoms with E-state index in [1.54, 1.807) is 40.8 Å². The first kappa shape index (κ1) is 27.8. The van der Waals surface area contributed by atoms with E-state index in [4.69, 9.17) is 0 Å². The predicted molar refractivity (Wildman–Crippen MR) is 141 cm³/mol. The van der Waals surface area contributed by atoms with E-state index in [9.17, 15) is 19.5 Å². The molecule has 7 atom stereocenters. The normalized spacial score (nSPS) is 31.9. The smallest absolute Gasteiger partial charge is 0.247 e. The van der Waals surface area contributed by atoms with Crippen LogP contribution in [0.15, 0.2) is 25.3 Å². The third-order valence-electron chi connectivity index (χ3n) is 8.20. The van der Waals surface area contributed by atoms with Crippen molar-refractivity contribution >= 4 is 29.5 Å². The molecule has 3 amide bonds. The van der Waals surface area contributed by atoms with Crippen molar-refractivity contribution in [2.75, 3.05) is 33.3 Å². The highest BCUT2D eigenvalue weighted by molar-refractivity contribution is 8.02. The van der Waals surface area contributed by atoms with Gasteiger partial charge in [-0.15, -0.1) is 24.9 Å². The van der Waals surface area contributed by atoms with Crippen molar-refractivity contribution in [1.82, 2.24) is 14.7 Å². The average Bonchev–Trinajstić information content (AvgIpc) is 3.41. The summed E-state index contributed by atoms with van der Waals surface area (Å²) in [5, 5.41) is 9.39. The van der Waals surface area contributed by atoms with E-state index in [2.05, 4.69) is 33.9 Å². The Hall–Kier alpha value is -1.80. The molecule has 3 aliphatic rings. The largest absolute Gasteiger partial charge is 0.396 e. The molecular weight excluding hydrogens is 462 g/mol. The second-order valence-corrected chi connectivity index (χ2v) is 12.0. The molecule has 0 aromatic rings. The van der Waals surface area contributed by atoms with Crippen LogP contribution in [-0.4, -0.2) is 92.9 Å². The summed E-state index contributed by atoms with van der Waals surface area (Å²) < 4.78 is -0.612. The highest BCUT2D eigenvalue weighted by Gasteiger charge is 2.76. The van der Waals surface area contributed by atoms with E-state index in [0.717, 1.165) is 19.3 Å². The topological polar surface area (TPSA) is 81.2 Å². The minimum atomic E-state index is -0.612. The number of likely N-dealkylation sites (tertiary alicyclic amines) is 1. The third-order valence-corrected chi connectivity index (χ3v) is 10.3. The molecule has 0 aromatic carbocycles. The molecule has 4 unspecified atom stereocenters. The van der Waals surface area contributed by atoms with Crippen molar-refractivity contribution in [3.63, 3.8) is 0 Å². The molecule has 3 heterocycles. The van der Waals surface area contributed by atoms with Crippen LogP contribution in [0, 0.1) is 17.8 Å². The quantitative estimate of drug-likeness (QED) is 0.308. The number of thioether (sulfide) groups is 1. The molecule has 0 saturated carbocycles. The number of rotatable bonds is 13. The molecule has 3 rings (SSSR count). The molecule has 3 aliphatic heterocycles. The van der Waals surface area contributed by atoms with E-state index >= 15 is 0 Å². The van der Waals surface area contributed by atoms with Gasteiger partial charge < -0.3 is 19.8 Å². The fourth-order valence-electron chi connectivity index (χ4n) is 6.61. The predicted octanol–water partition coefficient (Wildman–Crippen LogP) is 2.94. The maximum absolute atomic E-state index is 14.3. The highest BCUT2D eigenvalue weighted by Crippen LogP contribution is 2.68. The standard InChI is InChI=1S/C27H43N3O4S/c1-7-12-19(5)29(14-9-3)26(34)23-27-18(4)17-20(35-27)21(24(32)28(6)13-8-2)22(27)25(33)30(23)15-10-11-16-31/h8-9,18-23,31H,2-3,7,10-17H2,1,4-6H3/t18?,19?,20-,21+,22+,23?,27?/m1/s1. The van der Waals surface area contributed by atoms with Crippen molar-refractivity contribution in [2.24, 2.45) is 17.8 Å². The molecule has 2 bridgehead atoms. The summed E-state index contributed by atoms with van der Waals surface area (Å²) in [6.45, 7) is 15.3. The van der Waals surface area contributed by atoms with Crippen molar-refractivity contribution in [3.8, 4) is 0 Å². The number of hydrogen-bond acceptors (Lipinski definition) is 5. The molecule has 0 aliphatic carbocycles. The average molecular weight is 506 g/mol. The Kier molecular flexibility index (Phi) is 9.13. The Morgan fingerprint density at radius 2 is 1.94 bits per heavy atom. The first-order valence-electron chi connectivity index (χ1n) is 13.1. The van der Waals surface area contributed by atoms with Gasteiger partial charge in [0.05, 0.1) is 16.6 Å². The monoisotopic (exact) mass is 505 g/mol. The lowest BCUT2D eigenvalue weighted by Crippen LogP contribution is -2.58. The number of hydrogen-bond donors (Lipinski definition) is 1. The highest BCUT2D eigenvalue weighted by atomic mass is 32.2. The lowest BCUT2D eigenvalue weighted by Gasteiger charge is -2.42. The molecule has 0 aromatic heterocycles. The number of carbonyl (C=O) groups excluding carboxylic acids is 3. The molecule has 8 heteroatoms. The zero-order valence-electron chi connectivity index (χ0n) is 21.8. The van der Waals surface area contributed by atoms with E-state index in [-0.39, 0.29) is 41.5 Å². The fraction of sp³-hybridized carbons (Fsp3) is 0.741. The third kappa shape index (κ3) is 4.68. The number of nitrogens with zero attached hydrogens (tertiary/aromatic N) is 3. The van der Waals surface area contributed by atoms with Gasteiger partial charge in [0.15, 0.2) is 0 Å². The number of amides is 3. The first-order valence-corrected chi connectivity index (χ1v) is 13.9. The summed E-state index contributed by atoms with van der Waals surface area (Å²) in [6.07, 6.45) is 7.30. The molecule has 3 saturated heterocycles. The van der Waals surface area contributed by atoms with Gasteiger partial charge in [-0.05, 0) is 38.5 Å². The van der Waals surface area contributed by atoms with E-state index in [1.165, 1.54) is 0 Å². The number of carbonyl (C=O) groups is 3. The Bertz CT molecular complexity index is 835. The van der Waals surface area contributed by atoms with Gasteiger partial charge in [-0.3, -0.25) is 14.4 Å². The molecule has 35 heavy (non-hydrogen) atoms. The lowest BCUT2D eigenvalue weighted by atomic mass is 9.65. The van der Waals surface area contributed by atoms with Crippen LogP contribution in [0.2, 0.25) is 0 Å². The van der Waals surface area contributed by atoms with Crippen molar-refractivity contribution in [2.45, 2.75) is 75.0 Å². The van der Waals surface area contributed by atoms with Crippen LogP contribution in [0.5, 0.6) is 0 Å². The second-order valence-electron chi connectivity index (χ2n) is 10.4. The van der Waals surface area contributed by atoms with Crippen molar-refractivity contribution in [1.29, 1.82) is 0 Å². The summed E-state index contributed by atoms with van der Waals surface area (Å²) in [7, 11) is 1.76. The molecule has 3 fully saturated rings. The van der Waals surface area contributed by atoms with Crippen LogP contribution in [-0.2, 0) is 14.4 Å². The molecule has 1 N–H and O–H groups in total. The van der Waals surface area contributed by atoms with Gasteiger partial charge in [-0.1, -0.05) is 32.4 Å². The van der Waals surface area contributed by atoms with Gasteiger partial charge in [0.1, 0.15) is 6.04 Å². The summed E-state index contributed by atoms with van der Waals surface area (Å²) in [4.78, 5) is 47.2. The van der Waals surface area contributed by atoms with Crippen LogP contribution in [0.3, 0.4) is 0 Å². The number of aliphatic hydroxyl groups excluding tert-OH is 1. The number of fused-ring (bicyclic) bond motifs is 1. The van der Waals surface area contributed by atoms with Crippen LogP contribution < -0.4 is 0 Å². The molecule has 0 radical (unpaired) electrons. The van der Waals surface area contributed by atoms with Gasteiger partial charge >= 0.3 is 0 Å². The Balaban J connectivity index is 2.06. The molecular formula is C27H43N3O4S. The zero-order chi connectivity index (χ0) is 25.9. The van der Waals surface area contributed by atoms with Gasteiger partial charge in [-0.2, -0.15) is 0 Å². The second kappa shape index (κ2) is 11.5. The minimum absolute atomic E-state index is 0.0276. The summed E-state index contributed by atoms with van der Waals surface area (Å²) >= 11 is 1.71. The fourth-order valence-corrected chi connectivity index (χ4v) is 9.02. The number of unbranched alkanes of at least 4 members (excludes halogenated alkanes) is 1. The van der Waals surface area contributed by atoms with Gasteiger partial charge in [0.25, 0.3) is 0 Å². The maximum atomic E-state index is 14.3. The summed E-state index contributed by atoms with van der Waals surface area (Å²) in [5.74, 6) is -0.915. The Labute approximate surface area is 215 Å². The molecule has 196 valence electrons. The lowest BCUT2D eigenvalue weighted by molar-refractivity contribution is -0.145. The molecule has 7 nitrogen and oxygen atoms in total. The molecule has 1 spiro atoms. The van der Waals surface area contributed by atoms with E-state index < -0.39 is 22.6 Å². The van der Waals surface area contributed by atoms with Gasteiger partial charge in [0, 0.05) is 44.6 Å². The SMILES string of the molecule is C=CCN(C)C(=O)[C@@H]1[C@H]2C(=O)N(CCCCO)C(C(=O)N(CC=C)C(C)CCC)C23S[C@@H]1CC3C. The van der Waals surface area contributed by atoms with Gasteiger partial charge in [-0.25, -0.2) is 0 Å². The Morgan fingerprint density at radius 1 is 1.26 bits per heavy atom. The number of aliphatic hydroxyl groups is 1. The minimum Gasteiger partial charge on any atom is -0.396 e. The van der Waals surface area contributed by atoms with Crippen molar-refractivity contribution in [3.05, 3.63) is 25.3 Å². The van der Waals surface area contributed by atoms with E-state index in [0.29, 0.717) is 32.5 Å².